The molecule has 0 aromatic heterocycles. The zero-order chi connectivity index (χ0) is 16.8. The number of nitrogens with one attached hydrogen (secondary N) is 1. The zero-order valence-corrected chi connectivity index (χ0v) is 15.7. The Morgan fingerprint density at radius 3 is 2.65 bits per heavy atom. The summed E-state index contributed by atoms with van der Waals surface area (Å²) in [6.45, 7) is 2.48. The molecule has 2 aromatic rings. The lowest BCUT2D eigenvalue weighted by molar-refractivity contribution is 0.309. The predicted octanol–water partition coefficient (Wildman–Crippen LogP) is 5.61. The number of methoxy groups -OCH3 is 1. The Balaban J connectivity index is 2.15. The van der Waals surface area contributed by atoms with Crippen LogP contribution in [0.5, 0.6) is 11.5 Å². The lowest BCUT2D eigenvalue weighted by Gasteiger charge is -2.12. The highest BCUT2D eigenvalue weighted by atomic mass is 79.9. The van der Waals surface area contributed by atoms with Gasteiger partial charge in [-0.3, -0.25) is 5.43 Å². The van der Waals surface area contributed by atoms with Gasteiger partial charge < -0.3 is 9.47 Å². The third-order valence-corrected chi connectivity index (χ3v) is 4.20. The minimum Gasteiger partial charge on any atom is -0.493 e. The van der Waals surface area contributed by atoms with Crippen molar-refractivity contribution in [2.75, 3.05) is 19.1 Å². The molecule has 122 valence electrons. The fraction of sp³-hybridized carbons (Fsp3) is 0.188. The number of hydrogen-bond donors (Lipinski definition) is 1. The van der Waals surface area contributed by atoms with Gasteiger partial charge in [0.05, 0.1) is 40.1 Å². The first-order valence-corrected chi connectivity index (χ1v) is 8.34. The molecule has 0 heterocycles. The van der Waals surface area contributed by atoms with Crippen LogP contribution in [0.1, 0.15) is 12.5 Å². The molecule has 0 atom stereocenters. The molecule has 0 amide bonds. The summed E-state index contributed by atoms with van der Waals surface area (Å²) in [6, 6.07) is 8.94. The van der Waals surface area contributed by atoms with Gasteiger partial charge in [0, 0.05) is 0 Å². The van der Waals surface area contributed by atoms with Gasteiger partial charge in [0.25, 0.3) is 0 Å². The zero-order valence-electron chi connectivity index (χ0n) is 12.6. The molecule has 23 heavy (non-hydrogen) atoms. The molecular formula is C16H15BrCl2N2O2. The van der Waals surface area contributed by atoms with Gasteiger partial charge in [0.15, 0.2) is 11.5 Å². The minimum absolute atomic E-state index is 0.470. The molecule has 7 heteroatoms. The predicted molar refractivity (Wildman–Crippen MR) is 99.5 cm³/mol. The van der Waals surface area contributed by atoms with Gasteiger partial charge in [-0.1, -0.05) is 23.2 Å². The van der Waals surface area contributed by atoms with Gasteiger partial charge in [-0.25, -0.2) is 0 Å². The van der Waals surface area contributed by atoms with E-state index in [9.17, 15) is 0 Å². The highest BCUT2D eigenvalue weighted by Crippen LogP contribution is 2.36. The summed E-state index contributed by atoms with van der Waals surface area (Å²) in [5.74, 6) is 1.31. The Labute approximate surface area is 153 Å². The second-order valence-electron chi connectivity index (χ2n) is 4.47. The second-order valence-corrected chi connectivity index (χ2v) is 6.13. The first-order chi connectivity index (χ1) is 11.0. The molecule has 0 aliphatic rings. The highest BCUT2D eigenvalue weighted by molar-refractivity contribution is 9.10. The molecule has 0 saturated carbocycles. The van der Waals surface area contributed by atoms with E-state index >= 15 is 0 Å². The van der Waals surface area contributed by atoms with Crippen LogP contribution in [0.25, 0.3) is 0 Å². The van der Waals surface area contributed by atoms with Crippen molar-refractivity contribution in [1.82, 2.24) is 0 Å². The first kappa shape index (κ1) is 17.9. The summed E-state index contributed by atoms with van der Waals surface area (Å²) < 4.78 is 11.7. The van der Waals surface area contributed by atoms with Crippen molar-refractivity contribution >= 4 is 51.0 Å². The summed E-state index contributed by atoms with van der Waals surface area (Å²) in [6.07, 6.45) is 1.67. The van der Waals surface area contributed by atoms with Crippen LogP contribution in [-0.4, -0.2) is 19.9 Å². The van der Waals surface area contributed by atoms with E-state index in [4.69, 9.17) is 32.7 Å². The Kier molecular flexibility index (Phi) is 6.57. The molecular weight excluding hydrogens is 403 g/mol. The van der Waals surface area contributed by atoms with Gasteiger partial charge in [0.1, 0.15) is 0 Å². The van der Waals surface area contributed by atoms with Crippen molar-refractivity contribution in [3.05, 3.63) is 50.4 Å². The second kappa shape index (κ2) is 8.43. The summed E-state index contributed by atoms with van der Waals surface area (Å²) in [7, 11) is 1.60. The normalized spacial score (nSPS) is 10.8. The molecule has 2 rings (SSSR count). The van der Waals surface area contributed by atoms with E-state index in [1.807, 2.05) is 19.1 Å². The third kappa shape index (κ3) is 4.77. The van der Waals surface area contributed by atoms with Crippen LogP contribution >= 0.6 is 39.1 Å². The Morgan fingerprint density at radius 2 is 2.00 bits per heavy atom. The van der Waals surface area contributed by atoms with E-state index in [2.05, 4.69) is 26.5 Å². The number of hydrazone groups is 1. The van der Waals surface area contributed by atoms with E-state index in [-0.39, 0.29) is 0 Å². The monoisotopic (exact) mass is 416 g/mol. The number of ether oxygens (including phenoxy) is 2. The molecule has 2 aromatic carbocycles. The number of anilines is 1. The smallest absolute Gasteiger partial charge is 0.175 e. The van der Waals surface area contributed by atoms with E-state index in [1.54, 1.807) is 31.5 Å². The topological polar surface area (TPSA) is 42.8 Å². The summed E-state index contributed by atoms with van der Waals surface area (Å²) >= 11 is 15.3. The number of rotatable bonds is 6. The van der Waals surface area contributed by atoms with Crippen molar-refractivity contribution in [1.29, 1.82) is 0 Å². The maximum absolute atomic E-state index is 5.96. The fourth-order valence-electron chi connectivity index (χ4n) is 1.85. The van der Waals surface area contributed by atoms with Crippen LogP contribution in [-0.2, 0) is 0 Å². The van der Waals surface area contributed by atoms with Crippen LogP contribution in [0, 0.1) is 0 Å². The van der Waals surface area contributed by atoms with E-state index < -0.39 is 0 Å². The molecule has 0 aliphatic carbocycles. The SMILES string of the molecule is CCOc1c(Br)cc(C=NNc2ccc(Cl)c(Cl)c2)cc1OC. The highest BCUT2D eigenvalue weighted by Gasteiger charge is 2.10. The first-order valence-electron chi connectivity index (χ1n) is 6.79. The molecule has 0 bridgehead atoms. The van der Waals surface area contributed by atoms with Gasteiger partial charge in [0.2, 0.25) is 0 Å². The number of halogens is 3. The van der Waals surface area contributed by atoms with E-state index in [0.29, 0.717) is 28.2 Å². The van der Waals surface area contributed by atoms with Crippen molar-refractivity contribution in [3.63, 3.8) is 0 Å². The van der Waals surface area contributed by atoms with Crippen molar-refractivity contribution in [2.24, 2.45) is 5.10 Å². The maximum atomic E-state index is 5.96. The molecule has 4 nitrogen and oxygen atoms in total. The quantitative estimate of drug-likeness (QED) is 0.490. The Hall–Kier alpha value is -1.43. The van der Waals surface area contributed by atoms with Crippen LogP contribution in [0.4, 0.5) is 5.69 Å². The molecule has 0 unspecified atom stereocenters. The van der Waals surface area contributed by atoms with E-state index in [1.165, 1.54) is 0 Å². The number of hydrogen-bond acceptors (Lipinski definition) is 4. The maximum Gasteiger partial charge on any atom is 0.175 e. The average Bonchev–Trinajstić information content (AvgIpc) is 2.53. The molecule has 0 fully saturated rings. The largest absolute Gasteiger partial charge is 0.493 e. The van der Waals surface area contributed by atoms with Crippen LogP contribution < -0.4 is 14.9 Å². The van der Waals surface area contributed by atoms with Gasteiger partial charge in [-0.05, 0) is 58.7 Å². The van der Waals surface area contributed by atoms with Crippen molar-refractivity contribution < 1.29 is 9.47 Å². The van der Waals surface area contributed by atoms with Crippen LogP contribution in [0.2, 0.25) is 10.0 Å². The average molecular weight is 418 g/mol. The van der Waals surface area contributed by atoms with Crippen LogP contribution in [0.3, 0.4) is 0 Å². The Morgan fingerprint density at radius 1 is 1.22 bits per heavy atom. The molecule has 0 aliphatic heterocycles. The number of nitrogens with zero attached hydrogens (tertiary/aromatic N) is 1. The summed E-state index contributed by atoms with van der Waals surface area (Å²) in [5.41, 5.74) is 4.49. The van der Waals surface area contributed by atoms with E-state index in [0.717, 1.165) is 15.7 Å². The van der Waals surface area contributed by atoms with Gasteiger partial charge in [-0.15, -0.1) is 0 Å². The molecule has 0 spiro atoms. The van der Waals surface area contributed by atoms with Crippen LogP contribution in [0.15, 0.2) is 39.9 Å². The fourth-order valence-corrected chi connectivity index (χ4v) is 2.72. The summed E-state index contributed by atoms with van der Waals surface area (Å²) in [4.78, 5) is 0. The molecule has 0 saturated heterocycles. The number of benzene rings is 2. The van der Waals surface area contributed by atoms with Gasteiger partial charge in [-0.2, -0.15) is 5.10 Å². The lowest BCUT2D eigenvalue weighted by atomic mass is 10.2. The van der Waals surface area contributed by atoms with Crippen molar-refractivity contribution in [3.8, 4) is 11.5 Å². The lowest BCUT2D eigenvalue weighted by Crippen LogP contribution is -1.98. The molecule has 1 N–H and O–H groups in total. The third-order valence-electron chi connectivity index (χ3n) is 2.87. The van der Waals surface area contributed by atoms with Gasteiger partial charge >= 0.3 is 0 Å². The standard InChI is InChI=1S/C16H15BrCl2N2O2/c1-3-23-16-12(17)6-10(7-15(16)22-2)9-20-21-11-4-5-13(18)14(19)8-11/h4-9,21H,3H2,1-2H3. The minimum atomic E-state index is 0.470. The Bertz CT molecular complexity index is 723. The molecule has 0 radical (unpaired) electrons. The van der Waals surface area contributed by atoms with Crippen molar-refractivity contribution in [2.45, 2.75) is 6.92 Å². The summed E-state index contributed by atoms with van der Waals surface area (Å²) in [5, 5.41) is 5.15.